The molecule has 108 valence electrons. The molecule has 0 bridgehead atoms. The van der Waals surface area contributed by atoms with E-state index in [9.17, 15) is 8.42 Å². The van der Waals surface area contributed by atoms with Crippen molar-refractivity contribution in [1.82, 2.24) is 4.72 Å². The fourth-order valence-corrected chi connectivity index (χ4v) is 3.20. The summed E-state index contributed by atoms with van der Waals surface area (Å²) in [4.78, 5) is 0.768. The minimum absolute atomic E-state index is 0.347. The maximum Gasteiger partial charge on any atom is 0.240 e. The van der Waals surface area contributed by atoms with Gasteiger partial charge in [0, 0.05) is 11.4 Å². The van der Waals surface area contributed by atoms with E-state index in [0.29, 0.717) is 16.3 Å². The van der Waals surface area contributed by atoms with Crippen LogP contribution in [-0.2, 0) is 16.4 Å². The largest absolute Gasteiger partial charge is 0.240 e. The Labute approximate surface area is 125 Å². The summed E-state index contributed by atoms with van der Waals surface area (Å²) in [5.74, 6) is 0. The Balaban J connectivity index is 2.56. The first-order chi connectivity index (χ1) is 8.95. The van der Waals surface area contributed by atoms with Crippen LogP contribution in [0.4, 0.5) is 0 Å². The summed E-state index contributed by atoms with van der Waals surface area (Å²) in [6.07, 6.45) is 3.84. The summed E-state index contributed by atoms with van der Waals surface area (Å²) in [6.45, 7) is 4.65. The SMILES string of the molecule is CCCc1ccc(S(=O)(=O)NCCCC(C)Br)cc1. The minimum atomic E-state index is -3.36. The van der Waals surface area contributed by atoms with Crippen molar-refractivity contribution in [2.75, 3.05) is 6.54 Å². The molecule has 0 aliphatic heterocycles. The molecular formula is C14H22BrNO2S. The second kappa shape index (κ2) is 8.02. The van der Waals surface area contributed by atoms with Gasteiger partial charge in [0.2, 0.25) is 10.0 Å². The zero-order chi connectivity index (χ0) is 14.3. The number of nitrogens with one attached hydrogen (secondary N) is 1. The molecule has 0 aromatic heterocycles. The standard InChI is InChI=1S/C14H22BrNO2S/c1-3-5-13-7-9-14(10-8-13)19(17,18)16-11-4-6-12(2)15/h7-10,12,16H,3-6,11H2,1-2H3. The van der Waals surface area contributed by atoms with Gasteiger partial charge in [0.1, 0.15) is 0 Å². The number of rotatable bonds is 8. The highest BCUT2D eigenvalue weighted by Gasteiger charge is 2.12. The van der Waals surface area contributed by atoms with Gasteiger partial charge in [-0.25, -0.2) is 13.1 Å². The van der Waals surface area contributed by atoms with Crippen LogP contribution < -0.4 is 4.72 Å². The number of hydrogen-bond acceptors (Lipinski definition) is 2. The molecule has 0 spiro atoms. The highest BCUT2D eigenvalue weighted by molar-refractivity contribution is 9.09. The van der Waals surface area contributed by atoms with Crippen molar-refractivity contribution < 1.29 is 8.42 Å². The normalized spacial score (nSPS) is 13.4. The number of alkyl halides is 1. The molecule has 0 radical (unpaired) electrons. The lowest BCUT2D eigenvalue weighted by molar-refractivity contribution is 0.576. The smallest absolute Gasteiger partial charge is 0.211 e. The van der Waals surface area contributed by atoms with Crippen LogP contribution in [0.1, 0.15) is 38.7 Å². The minimum Gasteiger partial charge on any atom is -0.211 e. The Bertz CT molecular complexity index is 469. The van der Waals surface area contributed by atoms with Gasteiger partial charge in [-0.15, -0.1) is 0 Å². The van der Waals surface area contributed by atoms with Gasteiger partial charge in [-0.3, -0.25) is 0 Å². The Morgan fingerprint density at radius 2 is 1.89 bits per heavy atom. The first-order valence-corrected chi connectivity index (χ1v) is 9.08. The molecule has 19 heavy (non-hydrogen) atoms. The van der Waals surface area contributed by atoms with Gasteiger partial charge in [0.25, 0.3) is 0 Å². The lowest BCUT2D eigenvalue weighted by Crippen LogP contribution is -2.25. The van der Waals surface area contributed by atoms with E-state index >= 15 is 0 Å². The maximum absolute atomic E-state index is 12.0. The van der Waals surface area contributed by atoms with Crippen LogP contribution in [0, 0.1) is 0 Å². The van der Waals surface area contributed by atoms with Crippen LogP contribution in [0.15, 0.2) is 29.2 Å². The van der Waals surface area contributed by atoms with E-state index in [4.69, 9.17) is 0 Å². The van der Waals surface area contributed by atoms with Crippen molar-refractivity contribution in [2.45, 2.75) is 49.3 Å². The van der Waals surface area contributed by atoms with E-state index in [2.05, 4.69) is 34.5 Å². The average Bonchev–Trinajstić information content (AvgIpc) is 2.36. The van der Waals surface area contributed by atoms with Crippen LogP contribution in [-0.4, -0.2) is 19.8 Å². The summed E-state index contributed by atoms with van der Waals surface area (Å²) in [6, 6.07) is 7.14. The molecule has 0 fully saturated rings. The molecule has 1 unspecified atom stereocenters. The van der Waals surface area contributed by atoms with E-state index in [1.807, 2.05) is 12.1 Å². The quantitative estimate of drug-likeness (QED) is 0.577. The average molecular weight is 348 g/mol. The van der Waals surface area contributed by atoms with E-state index in [1.165, 1.54) is 5.56 Å². The summed E-state index contributed by atoms with van der Waals surface area (Å²) in [5, 5.41) is 0. The lowest BCUT2D eigenvalue weighted by Gasteiger charge is -2.08. The molecule has 1 aromatic carbocycles. The van der Waals surface area contributed by atoms with Gasteiger partial charge in [-0.05, 0) is 37.0 Å². The molecule has 3 nitrogen and oxygen atoms in total. The van der Waals surface area contributed by atoms with Gasteiger partial charge < -0.3 is 0 Å². The molecule has 1 aromatic rings. The summed E-state index contributed by atoms with van der Waals surface area (Å²) in [7, 11) is -3.36. The van der Waals surface area contributed by atoms with E-state index in [1.54, 1.807) is 12.1 Å². The van der Waals surface area contributed by atoms with Crippen LogP contribution in [0.5, 0.6) is 0 Å². The fourth-order valence-electron chi connectivity index (χ4n) is 1.80. The van der Waals surface area contributed by atoms with Crippen molar-refractivity contribution in [2.24, 2.45) is 0 Å². The van der Waals surface area contributed by atoms with E-state index < -0.39 is 10.0 Å². The number of benzene rings is 1. The van der Waals surface area contributed by atoms with Crippen molar-refractivity contribution in [3.8, 4) is 0 Å². The molecule has 0 saturated heterocycles. The number of hydrogen-bond donors (Lipinski definition) is 1. The molecule has 0 saturated carbocycles. The molecule has 0 heterocycles. The monoisotopic (exact) mass is 347 g/mol. The Hall–Kier alpha value is -0.390. The molecule has 0 aliphatic carbocycles. The van der Waals surface area contributed by atoms with Crippen molar-refractivity contribution >= 4 is 26.0 Å². The van der Waals surface area contributed by atoms with E-state index in [0.717, 1.165) is 25.7 Å². The molecule has 5 heteroatoms. The third kappa shape index (κ3) is 6.06. The molecule has 1 N–H and O–H groups in total. The number of aryl methyl sites for hydroxylation is 1. The van der Waals surface area contributed by atoms with Crippen LogP contribution in [0.2, 0.25) is 0 Å². The summed E-state index contributed by atoms with van der Waals surface area (Å²) >= 11 is 3.45. The highest BCUT2D eigenvalue weighted by Crippen LogP contribution is 2.12. The number of halogens is 1. The Kier molecular flexibility index (Phi) is 7.04. The van der Waals surface area contributed by atoms with Gasteiger partial charge >= 0.3 is 0 Å². The highest BCUT2D eigenvalue weighted by atomic mass is 79.9. The molecule has 1 rings (SSSR count). The maximum atomic E-state index is 12.0. The van der Waals surface area contributed by atoms with Crippen molar-refractivity contribution in [3.63, 3.8) is 0 Å². The van der Waals surface area contributed by atoms with Gasteiger partial charge in [-0.1, -0.05) is 48.3 Å². The van der Waals surface area contributed by atoms with Gasteiger partial charge in [0.05, 0.1) is 4.90 Å². The van der Waals surface area contributed by atoms with Crippen LogP contribution in [0.25, 0.3) is 0 Å². The predicted molar refractivity (Wildman–Crippen MR) is 83.2 cm³/mol. The predicted octanol–water partition coefficient (Wildman–Crippen LogP) is 3.48. The number of sulfonamides is 1. The second-order valence-electron chi connectivity index (χ2n) is 4.71. The zero-order valence-electron chi connectivity index (χ0n) is 11.5. The molecule has 1 atom stereocenters. The summed E-state index contributed by atoms with van der Waals surface area (Å²) < 4.78 is 26.7. The van der Waals surface area contributed by atoms with Crippen molar-refractivity contribution in [1.29, 1.82) is 0 Å². The van der Waals surface area contributed by atoms with E-state index in [-0.39, 0.29) is 0 Å². The third-order valence-electron chi connectivity index (χ3n) is 2.84. The molecular weight excluding hydrogens is 326 g/mol. The first-order valence-electron chi connectivity index (χ1n) is 6.68. The molecule has 0 aliphatic rings. The van der Waals surface area contributed by atoms with Gasteiger partial charge in [0.15, 0.2) is 0 Å². The third-order valence-corrected chi connectivity index (χ3v) is 4.78. The zero-order valence-corrected chi connectivity index (χ0v) is 13.9. The van der Waals surface area contributed by atoms with Crippen LogP contribution in [0.3, 0.4) is 0 Å². The van der Waals surface area contributed by atoms with Gasteiger partial charge in [-0.2, -0.15) is 0 Å². The fraction of sp³-hybridized carbons (Fsp3) is 0.571. The lowest BCUT2D eigenvalue weighted by atomic mass is 10.1. The molecule has 0 amide bonds. The summed E-state index contributed by atoms with van der Waals surface area (Å²) in [5.41, 5.74) is 1.18. The first kappa shape index (κ1) is 16.7. The Morgan fingerprint density at radius 3 is 2.42 bits per heavy atom. The van der Waals surface area contributed by atoms with Crippen molar-refractivity contribution in [3.05, 3.63) is 29.8 Å². The topological polar surface area (TPSA) is 46.2 Å². The second-order valence-corrected chi connectivity index (χ2v) is 8.04. The van der Waals surface area contributed by atoms with Crippen LogP contribution >= 0.6 is 15.9 Å². The Morgan fingerprint density at radius 1 is 1.26 bits per heavy atom.